The number of aromatic nitrogens is 4. The second kappa shape index (κ2) is 6.24. The zero-order valence-corrected chi connectivity index (χ0v) is 13.7. The molecule has 6 nitrogen and oxygen atoms in total. The van der Waals surface area contributed by atoms with Crippen LogP contribution in [0.5, 0.6) is 5.88 Å². The van der Waals surface area contributed by atoms with Crippen molar-refractivity contribution >= 4 is 16.9 Å². The molecule has 0 atom stereocenters. The third kappa shape index (κ3) is 3.01. The predicted molar refractivity (Wildman–Crippen MR) is 97.0 cm³/mol. The van der Waals surface area contributed by atoms with Gasteiger partial charge in [0.15, 0.2) is 0 Å². The highest BCUT2D eigenvalue weighted by Gasteiger charge is 2.15. The van der Waals surface area contributed by atoms with Gasteiger partial charge in [-0.1, -0.05) is 30.3 Å². The number of hydrogen-bond acceptors (Lipinski definition) is 5. The Morgan fingerprint density at radius 1 is 1.12 bits per heavy atom. The molecule has 0 aliphatic heterocycles. The molecule has 6 heteroatoms. The van der Waals surface area contributed by atoms with Gasteiger partial charge in [0.05, 0.1) is 5.39 Å². The van der Waals surface area contributed by atoms with E-state index >= 15 is 0 Å². The van der Waals surface area contributed by atoms with E-state index in [0.717, 1.165) is 27.7 Å². The van der Waals surface area contributed by atoms with E-state index in [1.54, 1.807) is 6.20 Å². The summed E-state index contributed by atoms with van der Waals surface area (Å²) in [5, 5.41) is 0.840. The lowest BCUT2D eigenvalue weighted by molar-refractivity contribution is 0.297. The number of anilines is 1. The van der Waals surface area contributed by atoms with Gasteiger partial charge in [-0.25, -0.2) is 9.97 Å². The lowest BCUT2D eigenvalue weighted by Gasteiger charge is -2.09. The van der Waals surface area contributed by atoms with Gasteiger partial charge in [0.1, 0.15) is 23.9 Å². The summed E-state index contributed by atoms with van der Waals surface area (Å²) >= 11 is 0. The van der Waals surface area contributed by atoms with E-state index in [0.29, 0.717) is 24.1 Å². The molecule has 0 saturated heterocycles. The van der Waals surface area contributed by atoms with Gasteiger partial charge in [0.2, 0.25) is 5.88 Å². The molecule has 3 heterocycles. The number of rotatable bonds is 4. The first-order valence-electron chi connectivity index (χ1n) is 7.95. The normalized spacial score (nSPS) is 10.9. The number of nitrogens with two attached hydrogens (primary N) is 1. The SMILES string of the molecule is Cc1nc(OCc2ccccc2)c2c(-c3ccnc(N)c3)c[nH]c2n1. The summed E-state index contributed by atoms with van der Waals surface area (Å²) < 4.78 is 6.02. The molecule has 0 amide bonds. The van der Waals surface area contributed by atoms with Crippen molar-refractivity contribution in [2.45, 2.75) is 13.5 Å². The smallest absolute Gasteiger partial charge is 0.227 e. The Hall–Kier alpha value is -3.41. The third-order valence-corrected chi connectivity index (χ3v) is 3.92. The van der Waals surface area contributed by atoms with E-state index in [9.17, 15) is 0 Å². The fraction of sp³-hybridized carbons (Fsp3) is 0.105. The van der Waals surface area contributed by atoms with Crippen molar-refractivity contribution in [3.05, 3.63) is 66.2 Å². The highest BCUT2D eigenvalue weighted by atomic mass is 16.5. The van der Waals surface area contributed by atoms with Crippen LogP contribution in [0.15, 0.2) is 54.9 Å². The highest BCUT2D eigenvalue weighted by molar-refractivity contribution is 5.97. The van der Waals surface area contributed by atoms with Gasteiger partial charge in [0, 0.05) is 18.0 Å². The number of nitrogen functional groups attached to an aromatic ring is 1. The predicted octanol–water partition coefficient (Wildman–Crippen LogP) is 3.49. The Kier molecular flexibility index (Phi) is 3.78. The standard InChI is InChI=1S/C19H17N5O/c1-12-23-18-17(15(10-22-18)14-7-8-21-16(20)9-14)19(24-12)25-11-13-5-3-2-4-6-13/h2-10H,11H2,1H3,(H2,20,21)(H,22,23,24). The van der Waals surface area contributed by atoms with Crippen LogP contribution in [0, 0.1) is 6.92 Å². The number of aromatic amines is 1. The first-order valence-corrected chi connectivity index (χ1v) is 7.95. The second-order valence-electron chi connectivity index (χ2n) is 5.75. The van der Waals surface area contributed by atoms with Crippen LogP contribution >= 0.6 is 0 Å². The molecule has 25 heavy (non-hydrogen) atoms. The number of H-pyrrole nitrogens is 1. The number of hydrogen-bond donors (Lipinski definition) is 2. The topological polar surface area (TPSA) is 89.7 Å². The first kappa shape index (κ1) is 15.1. The van der Waals surface area contributed by atoms with Crippen LogP contribution in [-0.4, -0.2) is 19.9 Å². The number of fused-ring (bicyclic) bond motifs is 1. The molecule has 0 aliphatic rings. The number of nitrogens with one attached hydrogen (secondary N) is 1. The van der Waals surface area contributed by atoms with Gasteiger partial charge in [-0.05, 0) is 30.2 Å². The Morgan fingerprint density at radius 3 is 2.76 bits per heavy atom. The van der Waals surface area contributed by atoms with Crippen LogP contribution < -0.4 is 10.5 Å². The molecule has 4 aromatic rings. The lowest BCUT2D eigenvalue weighted by atomic mass is 10.1. The van der Waals surface area contributed by atoms with Gasteiger partial charge < -0.3 is 15.5 Å². The quantitative estimate of drug-likeness (QED) is 0.597. The maximum Gasteiger partial charge on any atom is 0.227 e. The molecule has 3 aromatic heterocycles. The van der Waals surface area contributed by atoms with Crippen molar-refractivity contribution in [2.75, 3.05) is 5.73 Å². The van der Waals surface area contributed by atoms with E-state index < -0.39 is 0 Å². The minimum absolute atomic E-state index is 0.440. The van der Waals surface area contributed by atoms with E-state index in [-0.39, 0.29) is 0 Å². The molecular formula is C19H17N5O. The van der Waals surface area contributed by atoms with Gasteiger partial charge in [-0.2, -0.15) is 4.98 Å². The van der Waals surface area contributed by atoms with Crippen molar-refractivity contribution in [2.24, 2.45) is 0 Å². The average molecular weight is 331 g/mol. The molecule has 3 N–H and O–H groups in total. The second-order valence-corrected chi connectivity index (χ2v) is 5.75. The summed E-state index contributed by atoms with van der Waals surface area (Å²) in [6.07, 6.45) is 3.58. The average Bonchev–Trinajstić information content (AvgIpc) is 3.04. The Balaban J connectivity index is 1.78. The molecule has 0 fully saturated rings. The molecule has 0 radical (unpaired) electrons. The number of nitrogens with zero attached hydrogens (tertiary/aromatic N) is 3. The third-order valence-electron chi connectivity index (χ3n) is 3.92. The largest absolute Gasteiger partial charge is 0.472 e. The van der Waals surface area contributed by atoms with Crippen LogP contribution in [0.1, 0.15) is 11.4 Å². The maximum atomic E-state index is 6.02. The molecule has 0 unspecified atom stereocenters. The summed E-state index contributed by atoms with van der Waals surface area (Å²) in [5.41, 5.74) is 9.52. The molecule has 0 saturated carbocycles. The zero-order chi connectivity index (χ0) is 17.2. The van der Waals surface area contributed by atoms with Crippen LogP contribution in [0.4, 0.5) is 5.82 Å². The van der Waals surface area contributed by atoms with E-state index in [4.69, 9.17) is 10.5 Å². The summed E-state index contributed by atoms with van der Waals surface area (Å²) in [5.74, 6) is 1.67. The molecule has 0 spiro atoms. The number of ether oxygens (including phenoxy) is 1. The van der Waals surface area contributed by atoms with Crippen LogP contribution in [0.2, 0.25) is 0 Å². The Labute approximate surface area is 144 Å². The molecule has 0 bridgehead atoms. The van der Waals surface area contributed by atoms with Crippen molar-refractivity contribution in [3.8, 4) is 17.0 Å². The fourth-order valence-corrected chi connectivity index (χ4v) is 2.78. The lowest BCUT2D eigenvalue weighted by Crippen LogP contribution is -2.00. The number of pyridine rings is 1. The number of aryl methyl sites for hydroxylation is 1. The molecule has 124 valence electrons. The van der Waals surface area contributed by atoms with E-state index in [1.807, 2.05) is 55.6 Å². The molecule has 4 rings (SSSR count). The minimum Gasteiger partial charge on any atom is -0.472 e. The fourth-order valence-electron chi connectivity index (χ4n) is 2.78. The van der Waals surface area contributed by atoms with Crippen molar-refractivity contribution < 1.29 is 4.74 Å². The summed E-state index contributed by atoms with van der Waals surface area (Å²) in [6.45, 7) is 2.29. The van der Waals surface area contributed by atoms with Crippen LogP contribution in [-0.2, 0) is 6.61 Å². The van der Waals surface area contributed by atoms with Gasteiger partial charge >= 0.3 is 0 Å². The molecular weight excluding hydrogens is 314 g/mol. The molecule has 1 aromatic carbocycles. The van der Waals surface area contributed by atoms with Crippen molar-refractivity contribution in [1.82, 2.24) is 19.9 Å². The zero-order valence-electron chi connectivity index (χ0n) is 13.7. The Morgan fingerprint density at radius 2 is 1.96 bits per heavy atom. The van der Waals surface area contributed by atoms with Crippen molar-refractivity contribution in [1.29, 1.82) is 0 Å². The first-order chi connectivity index (χ1) is 12.2. The van der Waals surface area contributed by atoms with Crippen LogP contribution in [0.25, 0.3) is 22.2 Å². The summed E-state index contributed by atoms with van der Waals surface area (Å²) in [4.78, 5) is 16.2. The number of benzene rings is 1. The Bertz CT molecular complexity index is 1030. The van der Waals surface area contributed by atoms with Gasteiger partial charge in [0.25, 0.3) is 0 Å². The summed E-state index contributed by atoms with van der Waals surface area (Å²) in [7, 11) is 0. The monoisotopic (exact) mass is 331 g/mol. The maximum absolute atomic E-state index is 6.02. The molecule has 0 aliphatic carbocycles. The van der Waals surface area contributed by atoms with Crippen molar-refractivity contribution in [3.63, 3.8) is 0 Å². The van der Waals surface area contributed by atoms with Gasteiger partial charge in [-0.15, -0.1) is 0 Å². The summed E-state index contributed by atoms with van der Waals surface area (Å²) in [6, 6.07) is 13.7. The highest BCUT2D eigenvalue weighted by Crippen LogP contribution is 2.34. The van der Waals surface area contributed by atoms with E-state index in [2.05, 4.69) is 19.9 Å². The van der Waals surface area contributed by atoms with Crippen LogP contribution in [0.3, 0.4) is 0 Å². The van der Waals surface area contributed by atoms with Gasteiger partial charge in [-0.3, -0.25) is 0 Å². The van der Waals surface area contributed by atoms with E-state index in [1.165, 1.54) is 0 Å². The minimum atomic E-state index is 0.440.